The normalized spacial score (nSPS) is 19.7. The molecule has 2 aromatic rings. The van der Waals surface area contributed by atoms with Crippen LogP contribution in [-0.2, 0) is 22.7 Å². The summed E-state index contributed by atoms with van der Waals surface area (Å²) in [7, 11) is 0. The van der Waals surface area contributed by atoms with Gasteiger partial charge in [-0.25, -0.2) is 4.39 Å². The lowest BCUT2D eigenvalue weighted by molar-refractivity contribution is -0.137. The zero-order chi connectivity index (χ0) is 22.3. The van der Waals surface area contributed by atoms with Crippen molar-refractivity contribution in [3.8, 4) is 0 Å². The molecular weight excluding hydrogens is 409 g/mol. The summed E-state index contributed by atoms with van der Waals surface area (Å²) < 4.78 is 18.6. The van der Waals surface area contributed by atoms with Crippen LogP contribution in [0.3, 0.4) is 0 Å². The van der Waals surface area contributed by atoms with E-state index in [9.17, 15) is 14.0 Å². The Labute approximate surface area is 188 Å². The highest BCUT2D eigenvalue weighted by atomic mass is 19.1. The molecule has 4 rings (SSSR count). The van der Waals surface area contributed by atoms with E-state index < -0.39 is 0 Å². The molecule has 1 aromatic carbocycles. The smallest absolute Gasteiger partial charge is 0.237 e. The highest BCUT2D eigenvalue weighted by Crippen LogP contribution is 2.25. The van der Waals surface area contributed by atoms with E-state index in [-0.39, 0.29) is 36.3 Å². The molecule has 2 aliphatic rings. The SMILES string of the molecule is O=C(NCc1ccco1)[C@H]1CCCN1CC(=O)N(Cc1ccc(F)cc1)C1CCCCC1. The molecule has 0 unspecified atom stereocenters. The molecule has 2 amide bonds. The minimum absolute atomic E-state index is 0.0481. The Bertz CT molecular complexity index is 878. The molecule has 2 heterocycles. The maximum atomic E-state index is 13.4. The lowest BCUT2D eigenvalue weighted by Gasteiger charge is -2.36. The highest BCUT2D eigenvalue weighted by Gasteiger charge is 2.34. The summed E-state index contributed by atoms with van der Waals surface area (Å²) in [5.74, 6) is 0.424. The first kappa shape index (κ1) is 22.5. The van der Waals surface area contributed by atoms with Gasteiger partial charge >= 0.3 is 0 Å². The van der Waals surface area contributed by atoms with Gasteiger partial charge in [0.2, 0.25) is 11.8 Å². The van der Waals surface area contributed by atoms with Crippen LogP contribution in [-0.4, -0.2) is 46.8 Å². The molecule has 1 aliphatic carbocycles. The van der Waals surface area contributed by atoms with Gasteiger partial charge in [0.15, 0.2) is 0 Å². The number of rotatable bonds is 8. The summed E-state index contributed by atoms with van der Waals surface area (Å²) in [6, 6.07) is 9.91. The van der Waals surface area contributed by atoms with Crippen molar-refractivity contribution >= 4 is 11.8 Å². The molecule has 7 heteroatoms. The van der Waals surface area contributed by atoms with Crippen LogP contribution < -0.4 is 5.32 Å². The number of carbonyl (C=O) groups excluding carboxylic acids is 2. The monoisotopic (exact) mass is 441 g/mol. The van der Waals surface area contributed by atoms with Crippen molar-refractivity contribution in [2.24, 2.45) is 0 Å². The first-order chi connectivity index (χ1) is 15.6. The molecule has 1 saturated heterocycles. The summed E-state index contributed by atoms with van der Waals surface area (Å²) in [4.78, 5) is 30.2. The maximum absolute atomic E-state index is 13.4. The standard InChI is InChI=1S/C25H32FN3O3/c26-20-12-10-19(11-13-20)17-29(21-6-2-1-3-7-21)24(30)18-28-14-4-9-23(28)25(31)27-16-22-8-5-15-32-22/h5,8,10-13,15,21,23H,1-4,6-7,9,14,16-18H2,(H,27,31)/t23-/m1/s1. The van der Waals surface area contributed by atoms with Gasteiger partial charge in [0.1, 0.15) is 11.6 Å². The number of hydrogen-bond acceptors (Lipinski definition) is 4. The number of amides is 2. The van der Waals surface area contributed by atoms with Gasteiger partial charge in [-0.15, -0.1) is 0 Å². The average molecular weight is 442 g/mol. The Morgan fingerprint density at radius 2 is 1.84 bits per heavy atom. The summed E-state index contributed by atoms with van der Waals surface area (Å²) in [6.07, 6.45) is 8.69. The number of nitrogens with one attached hydrogen (secondary N) is 1. The van der Waals surface area contributed by atoms with E-state index >= 15 is 0 Å². The van der Waals surface area contributed by atoms with Crippen LogP contribution in [0.15, 0.2) is 47.1 Å². The van der Waals surface area contributed by atoms with Crippen molar-refractivity contribution in [3.63, 3.8) is 0 Å². The Morgan fingerprint density at radius 3 is 2.56 bits per heavy atom. The fraction of sp³-hybridized carbons (Fsp3) is 0.520. The summed E-state index contributed by atoms with van der Waals surface area (Å²) >= 11 is 0. The van der Waals surface area contributed by atoms with E-state index in [1.807, 2.05) is 15.9 Å². The molecule has 1 N–H and O–H groups in total. The number of nitrogens with zero attached hydrogens (tertiary/aromatic N) is 2. The second-order valence-corrected chi connectivity index (χ2v) is 8.87. The Hall–Kier alpha value is -2.67. The predicted molar refractivity (Wildman–Crippen MR) is 119 cm³/mol. The number of halogens is 1. The molecule has 172 valence electrons. The van der Waals surface area contributed by atoms with Crippen LogP contribution in [0.2, 0.25) is 0 Å². The van der Waals surface area contributed by atoms with Gasteiger partial charge in [0, 0.05) is 12.6 Å². The lowest BCUT2D eigenvalue weighted by atomic mass is 9.93. The summed E-state index contributed by atoms with van der Waals surface area (Å²) in [6.45, 7) is 1.80. The fourth-order valence-electron chi connectivity index (χ4n) is 4.88. The third-order valence-corrected chi connectivity index (χ3v) is 6.62. The molecule has 32 heavy (non-hydrogen) atoms. The second kappa shape index (κ2) is 10.8. The zero-order valence-electron chi connectivity index (χ0n) is 18.5. The number of carbonyl (C=O) groups is 2. The minimum Gasteiger partial charge on any atom is -0.467 e. The van der Waals surface area contributed by atoms with Crippen molar-refractivity contribution in [2.45, 2.75) is 70.1 Å². The second-order valence-electron chi connectivity index (χ2n) is 8.87. The van der Waals surface area contributed by atoms with Crippen molar-refractivity contribution in [2.75, 3.05) is 13.1 Å². The Balaban J connectivity index is 1.40. The topological polar surface area (TPSA) is 65.8 Å². The molecule has 0 bridgehead atoms. The van der Waals surface area contributed by atoms with Crippen molar-refractivity contribution in [1.29, 1.82) is 0 Å². The van der Waals surface area contributed by atoms with E-state index in [2.05, 4.69) is 5.32 Å². The molecule has 1 saturated carbocycles. The van der Waals surface area contributed by atoms with E-state index in [1.54, 1.807) is 24.5 Å². The van der Waals surface area contributed by atoms with Gasteiger partial charge in [-0.1, -0.05) is 31.4 Å². The molecule has 1 atom stereocenters. The van der Waals surface area contributed by atoms with Crippen LogP contribution in [0.4, 0.5) is 4.39 Å². The zero-order valence-corrected chi connectivity index (χ0v) is 18.5. The van der Waals surface area contributed by atoms with Crippen LogP contribution in [0.1, 0.15) is 56.3 Å². The number of benzene rings is 1. The van der Waals surface area contributed by atoms with Gasteiger partial charge < -0.3 is 14.6 Å². The van der Waals surface area contributed by atoms with Gasteiger partial charge in [-0.2, -0.15) is 0 Å². The Kier molecular flexibility index (Phi) is 7.58. The first-order valence-electron chi connectivity index (χ1n) is 11.7. The molecule has 1 aliphatic heterocycles. The molecular formula is C25H32FN3O3. The molecule has 0 radical (unpaired) electrons. The van der Waals surface area contributed by atoms with Crippen molar-refractivity contribution in [3.05, 3.63) is 59.8 Å². The van der Waals surface area contributed by atoms with E-state index in [4.69, 9.17) is 4.42 Å². The average Bonchev–Trinajstić information content (AvgIpc) is 3.50. The highest BCUT2D eigenvalue weighted by molar-refractivity contribution is 5.84. The molecule has 2 fully saturated rings. The number of hydrogen-bond donors (Lipinski definition) is 1. The summed E-state index contributed by atoms with van der Waals surface area (Å²) in [5, 5.41) is 2.93. The van der Waals surface area contributed by atoms with Crippen LogP contribution in [0.5, 0.6) is 0 Å². The van der Waals surface area contributed by atoms with Crippen LogP contribution in [0, 0.1) is 5.82 Å². The molecule has 1 aromatic heterocycles. The van der Waals surface area contributed by atoms with Gasteiger partial charge in [-0.3, -0.25) is 14.5 Å². The number of likely N-dealkylation sites (tertiary alicyclic amines) is 1. The van der Waals surface area contributed by atoms with Crippen molar-refractivity contribution < 1.29 is 18.4 Å². The third-order valence-electron chi connectivity index (χ3n) is 6.62. The summed E-state index contributed by atoms with van der Waals surface area (Å²) in [5.41, 5.74) is 0.930. The quantitative estimate of drug-likeness (QED) is 0.676. The van der Waals surface area contributed by atoms with E-state index in [1.165, 1.54) is 18.6 Å². The van der Waals surface area contributed by atoms with Crippen LogP contribution >= 0.6 is 0 Å². The fourth-order valence-corrected chi connectivity index (χ4v) is 4.88. The van der Waals surface area contributed by atoms with Gasteiger partial charge in [0.25, 0.3) is 0 Å². The van der Waals surface area contributed by atoms with E-state index in [0.29, 0.717) is 18.8 Å². The van der Waals surface area contributed by atoms with E-state index in [0.717, 1.165) is 50.6 Å². The van der Waals surface area contributed by atoms with Crippen LogP contribution in [0.25, 0.3) is 0 Å². The first-order valence-corrected chi connectivity index (χ1v) is 11.7. The van der Waals surface area contributed by atoms with Gasteiger partial charge in [-0.05, 0) is 62.1 Å². The lowest BCUT2D eigenvalue weighted by Crippen LogP contribution is -2.50. The largest absolute Gasteiger partial charge is 0.467 e. The maximum Gasteiger partial charge on any atom is 0.237 e. The van der Waals surface area contributed by atoms with Gasteiger partial charge in [0.05, 0.1) is 25.4 Å². The Morgan fingerprint density at radius 1 is 1.06 bits per heavy atom. The molecule has 0 spiro atoms. The number of furan rings is 1. The predicted octanol–water partition coefficient (Wildman–Crippen LogP) is 3.86. The minimum atomic E-state index is -0.298. The third kappa shape index (κ3) is 5.76. The van der Waals surface area contributed by atoms with Crippen molar-refractivity contribution in [1.82, 2.24) is 15.1 Å². The molecule has 6 nitrogen and oxygen atoms in total.